The average molecular weight is 410 g/mol. The van der Waals surface area contributed by atoms with E-state index in [1.54, 1.807) is 42.9 Å². The lowest BCUT2D eigenvalue weighted by Crippen LogP contribution is -2.38. The summed E-state index contributed by atoms with van der Waals surface area (Å²) >= 11 is 0. The van der Waals surface area contributed by atoms with Gasteiger partial charge in [0.2, 0.25) is 11.8 Å². The van der Waals surface area contributed by atoms with Gasteiger partial charge in [0.05, 0.1) is 31.0 Å². The molecule has 0 unspecified atom stereocenters. The Morgan fingerprint density at radius 2 is 1.93 bits per heavy atom. The maximum absolute atomic E-state index is 12.3. The molecule has 1 amide bonds. The summed E-state index contributed by atoms with van der Waals surface area (Å²) in [6, 6.07) is 8.39. The van der Waals surface area contributed by atoms with Gasteiger partial charge in [0.25, 0.3) is 5.89 Å². The summed E-state index contributed by atoms with van der Waals surface area (Å²) in [6.45, 7) is 1.83. The first-order valence-corrected chi connectivity index (χ1v) is 9.69. The molecule has 1 aliphatic heterocycles. The maximum atomic E-state index is 12.3. The molecule has 1 N–H and O–H groups in total. The molecule has 0 saturated carbocycles. The van der Waals surface area contributed by atoms with Crippen molar-refractivity contribution in [1.29, 1.82) is 0 Å². The van der Waals surface area contributed by atoms with Gasteiger partial charge >= 0.3 is 5.97 Å². The minimum Gasteiger partial charge on any atom is -0.472 e. The Balaban J connectivity index is 1.25. The van der Waals surface area contributed by atoms with Crippen molar-refractivity contribution in [1.82, 2.24) is 15.1 Å². The molecule has 156 valence electrons. The van der Waals surface area contributed by atoms with Gasteiger partial charge in [0.15, 0.2) is 0 Å². The molecule has 0 atom stereocenters. The topological polar surface area (TPSA) is 111 Å². The Kier molecular flexibility index (Phi) is 5.89. The van der Waals surface area contributed by atoms with Crippen molar-refractivity contribution >= 4 is 17.6 Å². The van der Waals surface area contributed by atoms with Crippen molar-refractivity contribution in [3.63, 3.8) is 0 Å². The predicted octanol–water partition coefficient (Wildman–Crippen LogP) is 2.93. The molecular weight excluding hydrogens is 388 g/mol. The molecule has 1 aliphatic rings. The van der Waals surface area contributed by atoms with E-state index < -0.39 is 5.97 Å². The summed E-state index contributed by atoms with van der Waals surface area (Å²) < 4.78 is 15.5. The molecule has 4 rings (SSSR count). The van der Waals surface area contributed by atoms with Crippen LogP contribution in [-0.2, 0) is 9.53 Å². The van der Waals surface area contributed by atoms with Crippen LogP contribution >= 0.6 is 0 Å². The summed E-state index contributed by atoms with van der Waals surface area (Å²) in [6.07, 6.45) is 4.82. The zero-order chi connectivity index (χ0) is 20.9. The highest BCUT2D eigenvalue weighted by atomic mass is 16.5. The number of anilines is 1. The highest BCUT2D eigenvalue weighted by molar-refractivity contribution is 5.94. The van der Waals surface area contributed by atoms with E-state index in [2.05, 4.69) is 25.2 Å². The number of aromatic nitrogens is 2. The van der Waals surface area contributed by atoms with E-state index in [0.717, 1.165) is 31.5 Å². The molecule has 0 aliphatic carbocycles. The summed E-state index contributed by atoms with van der Waals surface area (Å²) in [5, 5.41) is 11.1. The third kappa shape index (κ3) is 4.57. The minimum absolute atomic E-state index is 0.0979. The van der Waals surface area contributed by atoms with Crippen LogP contribution in [0.1, 0.15) is 35.0 Å². The maximum Gasteiger partial charge on any atom is 0.337 e. The van der Waals surface area contributed by atoms with E-state index >= 15 is 0 Å². The van der Waals surface area contributed by atoms with E-state index in [0.29, 0.717) is 29.6 Å². The summed E-state index contributed by atoms with van der Waals surface area (Å²) in [5.41, 5.74) is 1.84. The van der Waals surface area contributed by atoms with Crippen LogP contribution in [0.4, 0.5) is 5.69 Å². The van der Waals surface area contributed by atoms with Crippen LogP contribution in [-0.4, -0.2) is 53.7 Å². The largest absolute Gasteiger partial charge is 0.472 e. The number of nitrogens with one attached hydrogen (secondary N) is 1. The number of hydrogen-bond acceptors (Lipinski definition) is 8. The van der Waals surface area contributed by atoms with Crippen molar-refractivity contribution in [2.45, 2.75) is 18.8 Å². The fourth-order valence-electron chi connectivity index (χ4n) is 3.45. The lowest BCUT2D eigenvalue weighted by atomic mass is 9.97. The second kappa shape index (κ2) is 8.91. The quantitative estimate of drug-likeness (QED) is 0.618. The molecular formula is C21H22N4O5. The third-order valence-electron chi connectivity index (χ3n) is 5.10. The number of methoxy groups -OCH3 is 1. The van der Waals surface area contributed by atoms with Gasteiger partial charge in [-0.25, -0.2) is 4.79 Å². The zero-order valence-electron chi connectivity index (χ0n) is 16.5. The van der Waals surface area contributed by atoms with Crippen LogP contribution in [0.5, 0.6) is 0 Å². The SMILES string of the molecule is COC(=O)c1ccc(NC(=O)CN2CCC(c3nnc(-c4ccoc4)o3)CC2)cc1. The smallest absolute Gasteiger partial charge is 0.337 e. The fourth-order valence-corrected chi connectivity index (χ4v) is 3.45. The van der Waals surface area contributed by atoms with Gasteiger partial charge in [0.1, 0.15) is 6.26 Å². The second-order valence-corrected chi connectivity index (χ2v) is 7.13. The number of rotatable bonds is 6. The van der Waals surface area contributed by atoms with Gasteiger partial charge in [-0.3, -0.25) is 9.69 Å². The third-order valence-corrected chi connectivity index (χ3v) is 5.10. The van der Waals surface area contributed by atoms with Crippen LogP contribution < -0.4 is 5.32 Å². The fraction of sp³-hybridized carbons (Fsp3) is 0.333. The zero-order valence-corrected chi connectivity index (χ0v) is 16.5. The molecule has 1 fully saturated rings. The lowest BCUT2D eigenvalue weighted by molar-refractivity contribution is -0.117. The van der Waals surface area contributed by atoms with E-state index in [9.17, 15) is 9.59 Å². The molecule has 0 spiro atoms. The number of carbonyl (C=O) groups is 2. The molecule has 9 heteroatoms. The van der Waals surface area contributed by atoms with Crippen molar-refractivity contribution in [2.75, 3.05) is 32.1 Å². The Morgan fingerprint density at radius 3 is 2.60 bits per heavy atom. The van der Waals surface area contributed by atoms with Gasteiger partial charge in [0, 0.05) is 11.6 Å². The Bertz CT molecular complexity index is 989. The van der Waals surface area contributed by atoms with E-state index in [1.165, 1.54) is 7.11 Å². The number of esters is 1. The number of amides is 1. The normalized spacial score (nSPS) is 15.1. The number of likely N-dealkylation sites (tertiary alicyclic amines) is 1. The van der Waals surface area contributed by atoms with E-state index in [-0.39, 0.29) is 11.8 Å². The standard InChI is InChI=1S/C21H22N4O5/c1-28-21(27)15-2-4-17(5-3-15)22-18(26)12-25-9-6-14(7-10-25)19-23-24-20(30-19)16-8-11-29-13-16/h2-5,8,11,13-14H,6-7,9-10,12H2,1H3,(H,22,26). The molecule has 1 aromatic carbocycles. The second-order valence-electron chi connectivity index (χ2n) is 7.13. The van der Waals surface area contributed by atoms with Crippen LogP contribution in [0.3, 0.4) is 0 Å². The number of ether oxygens (including phenoxy) is 1. The van der Waals surface area contributed by atoms with Crippen LogP contribution in [0.2, 0.25) is 0 Å². The van der Waals surface area contributed by atoms with Crippen molar-refractivity contribution in [2.24, 2.45) is 0 Å². The molecule has 30 heavy (non-hydrogen) atoms. The first-order chi connectivity index (χ1) is 14.6. The van der Waals surface area contributed by atoms with E-state index in [4.69, 9.17) is 8.83 Å². The van der Waals surface area contributed by atoms with Crippen LogP contribution in [0, 0.1) is 0 Å². The van der Waals surface area contributed by atoms with E-state index in [1.807, 2.05) is 0 Å². The first-order valence-electron chi connectivity index (χ1n) is 9.69. The van der Waals surface area contributed by atoms with Crippen molar-refractivity contribution < 1.29 is 23.2 Å². The molecule has 9 nitrogen and oxygen atoms in total. The van der Waals surface area contributed by atoms with Gasteiger partial charge in [-0.2, -0.15) is 0 Å². The number of hydrogen-bond donors (Lipinski definition) is 1. The molecule has 3 heterocycles. The lowest BCUT2D eigenvalue weighted by Gasteiger charge is -2.29. The summed E-state index contributed by atoms with van der Waals surface area (Å²) in [5.74, 6) is 0.760. The number of furan rings is 1. The molecule has 0 radical (unpaired) electrons. The van der Waals surface area contributed by atoms with Gasteiger partial charge < -0.3 is 18.9 Å². The van der Waals surface area contributed by atoms with Crippen molar-refractivity contribution in [3.05, 3.63) is 54.3 Å². The average Bonchev–Trinajstić information content (AvgIpc) is 3.46. The minimum atomic E-state index is -0.408. The van der Waals surface area contributed by atoms with Gasteiger partial charge in [-0.15, -0.1) is 10.2 Å². The Morgan fingerprint density at radius 1 is 1.17 bits per heavy atom. The molecule has 0 bridgehead atoms. The predicted molar refractivity (Wildman–Crippen MR) is 107 cm³/mol. The Hall–Kier alpha value is -3.46. The monoisotopic (exact) mass is 410 g/mol. The summed E-state index contributed by atoms with van der Waals surface area (Å²) in [7, 11) is 1.33. The van der Waals surface area contributed by atoms with Gasteiger partial charge in [-0.05, 0) is 56.3 Å². The molecule has 2 aromatic heterocycles. The van der Waals surface area contributed by atoms with Crippen LogP contribution in [0.15, 0.2) is 51.7 Å². The summed E-state index contributed by atoms with van der Waals surface area (Å²) in [4.78, 5) is 25.9. The van der Waals surface area contributed by atoms with Crippen molar-refractivity contribution in [3.8, 4) is 11.5 Å². The number of nitrogens with zero attached hydrogens (tertiary/aromatic N) is 3. The number of benzene rings is 1. The first kappa shape index (κ1) is 19.8. The number of piperidine rings is 1. The van der Waals surface area contributed by atoms with Gasteiger partial charge in [-0.1, -0.05) is 0 Å². The molecule has 3 aromatic rings. The van der Waals surface area contributed by atoms with Crippen LogP contribution in [0.25, 0.3) is 11.5 Å². The molecule has 1 saturated heterocycles. The highest BCUT2D eigenvalue weighted by Crippen LogP contribution is 2.29. The number of carbonyl (C=O) groups excluding carboxylic acids is 2. The Labute approximate surface area is 173 Å². The highest BCUT2D eigenvalue weighted by Gasteiger charge is 2.26.